The van der Waals surface area contributed by atoms with Gasteiger partial charge >= 0.3 is 12.2 Å². The first-order valence-corrected chi connectivity index (χ1v) is 11.7. The molecule has 3 amide bonds. The molecule has 0 spiro atoms. The van der Waals surface area contributed by atoms with Gasteiger partial charge in [-0.2, -0.15) is 0 Å². The Morgan fingerprint density at radius 1 is 1.09 bits per heavy atom. The maximum Gasteiger partial charge on any atom is 0.410 e. The zero-order valence-corrected chi connectivity index (χ0v) is 20.2. The Balaban J connectivity index is 1.37. The van der Waals surface area contributed by atoms with Gasteiger partial charge in [-0.25, -0.2) is 9.59 Å². The number of amides is 3. The molecule has 1 aromatic rings. The molecule has 0 radical (unpaired) electrons. The third-order valence-electron chi connectivity index (χ3n) is 5.54. The van der Waals surface area contributed by atoms with Crippen molar-refractivity contribution in [1.82, 2.24) is 15.1 Å². The fourth-order valence-electron chi connectivity index (χ4n) is 3.75. The van der Waals surface area contributed by atoms with E-state index in [9.17, 15) is 14.4 Å². The molecule has 2 heterocycles. The van der Waals surface area contributed by atoms with Gasteiger partial charge in [0.25, 0.3) is 0 Å². The molecule has 0 bridgehead atoms. The van der Waals surface area contributed by atoms with Crippen LogP contribution in [0.5, 0.6) is 0 Å². The summed E-state index contributed by atoms with van der Waals surface area (Å²) < 4.78 is 16.4. The smallest absolute Gasteiger partial charge is 0.410 e. The maximum absolute atomic E-state index is 12.6. The van der Waals surface area contributed by atoms with Gasteiger partial charge in [-0.15, -0.1) is 0 Å². The highest BCUT2D eigenvalue weighted by Gasteiger charge is 2.28. The molecule has 9 heteroatoms. The van der Waals surface area contributed by atoms with Crippen molar-refractivity contribution in [2.24, 2.45) is 0 Å². The van der Waals surface area contributed by atoms with Crippen LogP contribution in [0.15, 0.2) is 42.5 Å². The van der Waals surface area contributed by atoms with E-state index in [0.717, 1.165) is 5.56 Å². The van der Waals surface area contributed by atoms with Gasteiger partial charge in [0.05, 0.1) is 19.3 Å². The van der Waals surface area contributed by atoms with E-state index in [-0.39, 0.29) is 30.8 Å². The van der Waals surface area contributed by atoms with Crippen LogP contribution in [-0.4, -0.2) is 78.4 Å². The van der Waals surface area contributed by atoms with Crippen LogP contribution in [0.1, 0.15) is 39.2 Å². The van der Waals surface area contributed by atoms with Crippen molar-refractivity contribution in [2.75, 3.05) is 32.8 Å². The third-order valence-corrected chi connectivity index (χ3v) is 5.54. The third kappa shape index (κ3) is 8.37. The van der Waals surface area contributed by atoms with Crippen LogP contribution < -0.4 is 5.32 Å². The lowest BCUT2D eigenvalue weighted by atomic mass is 10.1. The predicted molar refractivity (Wildman–Crippen MR) is 126 cm³/mol. The number of morpholine rings is 1. The van der Waals surface area contributed by atoms with Gasteiger partial charge in [-0.1, -0.05) is 30.3 Å². The highest BCUT2D eigenvalue weighted by atomic mass is 16.6. The Bertz CT molecular complexity index is 859. The molecule has 1 atom stereocenters. The summed E-state index contributed by atoms with van der Waals surface area (Å²) in [4.78, 5) is 40.3. The van der Waals surface area contributed by atoms with E-state index in [1.54, 1.807) is 15.9 Å². The molecule has 0 aromatic heterocycles. The van der Waals surface area contributed by atoms with E-state index >= 15 is 0 Å². The standard InChI is InChI=1S/C25H35N3O6/c1-25(2,3)34-24(31)28-15-16-32-21(17-28)9-10-22(29)27-13-11-20(12-14-27)26-23(30)33-18-19-7-5-4-6-8-19/h4-10,20-21H,11-18H2,1-3H3,(H,26,30)/b10-9+/t21-/m1/s1. The monoisotopic (exact) mass is 473 g/mol. The summed E-state index contributed by atoms with van der Waals surface area (Å²) in [6, 6.07) is 9.48. The van der Waals surface area contributed by atoms with Crippen molar-refractivity contribution in [3.8, 4) is 0 Å². The van der Waals surface area contributed by atoms with Crippen LogP contribution >= 0.6 is 0 Å². The first kappa shape index (κ1) is 25.6. The molecule has 0 saturated carbocycles. The lowest BCUT2D eigenvalue weighted by molar-refractivity contribution is -0.127. The predicted octanol–water partition coefficient (Wildman–Crippen LogP) is 3.10. The molecule has 9 nitrogen and oxygen atoms in total. The van der Waals surface area contributed by atoms with Crippen LogP contribution in [0.3, 0.4) is 0 Å². The van der Waals surface area contributed by atoms with E-state index in [2.05, 4.69) is 5.32 Å². The molecule has 2 saturated heterocycles. The Morgan fingerprint density at radius 2 is 1.79 bits per heavy atom. The van der Waals surface area contributed by atoms with E-state index < -0.39 is 11.7 Å². The van der Waals surface area contributed by atoms with Gasteiger partial charge in [0.15, 0.2) is 0 Å². The molecule has 2 aliphatic rings. The summed E-state index contributed by atoms with van der Waals surface area (Å²) in [6.07, 6.45) is 3.34. The van der Waals surface area contributed by atoms with Crippen LogP contribution in [0.2, 0.25) is 0 Å². The minimum atomic E-state index is -0.559. The van der Waals surface area contributed by atoms with Crippen LogP contribution in [0.25, 0.3) is 0 Å². The normalized spacial score (nSPS) is 19.7. The number of alkyl carbamates (subject to hydrolysis) is 1. The molecule has 186 valence electrons. The quantitative estimate of drug-likeness (QED) is 0.660. The van der Waals surface area contributed by atoms with E-state index in [4.69, 9.17) is 14.2 Å². The number of likely N-dealkylation sites (tertiary alicyclic amines) is 1. The Morgan fingerprint density at radius 3 is 2.47 bits per heavy atom. The second-order valence-corrected chi connectivity index (χ2v) is 9.50. The maximum atomic E-state index is 12.6. The second-order valence-electron chi connectivity index (χ2n) is 9.50. The second kappa shape index (κ2) is 11.9. The molecule has 34 heavy (non-hydrogen) atoms. The molecule has 0 unspecified atom stereocenters. The van der Waals surface area contributed by atoms with Crippen molar-refractivity contribution in [3.05, 3.63) is 48.0 Å². The van der Waals surface area contributed by atoms with Gasteiger partial charge in [0, 0.05) is 31.8 Å². The summed E-state index contributed by atoms with van der Waals surface area (Å²) in [5.41, 5.74) is 0.372. The van der Waals surface area contributed by atoms with Crippen LogP contribution in [0.4, 0.5) is 9.59 Å². The zero-order chi connectivity index (χ0) is 24.6. The fraction of sp³-hybridized carbons (Fsp3) is 0.560. The first-order valence-electron chi connectivity index (χ1n) is 11.7. The molecule has 2 fully saturated rings. The zero-order valence-electron chi connectivity index (χ0n) is 20.2. The van der Waals surface area contributed by atoms with E-state index in [1.807, 2.05) is 51.1 Å². The molecular weight excluding hydrogens is 438 g/mol. The number of hydrogen-bond donors (Lipinski definition) is 1. The van der Waals surface area contributed by atoms with Crippen molar-refractivity contribution >= 4 is 18.1 Å². The van der Waals surface area contributed by atoms with Crippen LogP contribution in [-0.2, 0) is 25.6 Å². The molecule has 1 N–H and O–H groups in total. The number of nitrogens with zero attached hydrogens (tertiary/aromatic N) is 2. The number of carbonyl (C=O) groups excluding carboxylic acids is 3. The molecular formula is C25H35N3O6. The highest BCUT2D eigenvalue weighted by Crippen LogP contribution is 2.15. The molecule has 3 rings (SSSR count). The number of piperidine rings is 1. The largest absolute Gasteiger partial charge is 0.445 e. The number of hydrogen-bond acceptors (Lipinski definition) is 6. The minimum Gasteiger partial charge on any atom is -0.445 e. The summed E-state index contributed by atoms with van der Waals surface area (Å²) in [5, 5.41) is 2.88. The molecule has 2 aliphatic heterocycles. The lowest BCUT2D eigenvalue weighted by Crippen LogP contribution is -2.47. The Kier molecular flexibility index (Phi) is 8.92. The van der Waals surface area contributed by atoms with E-state index in [0.29, 0.717) is 45.6 Å². The average molecular weight is 474 g/mol. The van der Waals surface area contributed by atoms with Crippen molar-refractivity contribution in [3.63, 3.8) is 0 Å². The minimum absolute atomic E-state index is 0.0274. The van der Waals surface area contributed by atoms with Gasteiger partial charge in [0.1, 0.15) is 12.2 Å². The Hall–Kier alpha value is -3.07. The number of benzene rings is 1. The van der Waals surface area contributed by atoms with Crippen molar-refractivity contribution < 1.29 is 28.6 Å². The summed E-state index contributed by atoms with van der Waals surface area (Å²) >= 11 is 0. The number of ether oxygens (including phenoxy) is 3. The first-order chi connectivity index (χ1) is 16.2. The topological polar surface area (TPSA) is 97.4 Å². The van der Waals surface area contributed by atoms with Crippen molar-refractivity contribution in [1.29, 1.82) is 0 Å². The van der Waals surface area contributed by atoms with Gasteiger partial charge in [0.2, 0.25) is 5.91 Å². The van der Waals surface area contributed by atoms with Gasteiger partial charge in [-0.3, -0.25) is 4.79 Å². The average Bonchev–Trinajstić information content (AvgIpc) is 2.81. The molecule has 0 aliphatic carbocycles. The number of carbonyl (C=O) groups is 3. The number of nitrogens with one attached hydrogen (secondary N) is 1. The van der Waals surface area contributed by atoms with Gasteiger partial charge < -0.3 is 29.3 Å². The highest BCUT2D eigenvalue weighted by molar-refractivity contribution is 5.87. The SMILES string of the molecule is CC(C)(C)OC(=O)N1CCO[C@H](/C=C/C(=O)N2CCC(NC(=O)OCc3ccccc3)CC2)C1. The van der Waals surface area contributed by atoms with Crippen LogP contribution in [0, 0.1) is 0 Å². The summed E-state index contributed by atoms with van der Waals surface area (Å²) in [5.74, 6) is -0.108. The Labute approximate surface area is 201 Å². The summed E-state index contributed by atoms with van der Waals surface area (Å²) in [6.45, 7) is 7.99. The summed E-state index contributed by atoms with van der Waals surface area (Å²) in [7, 11) is 0. The number of rotatable bonds is 5. The van der Waals surface area contributed by atoms with E-state index in [1.165, 1.54) is 6.08 Å². The molecule has 1 aromatic carbocycles. The van der Waals surface area contributed by atoms with Gasteiger partial charge in [-0.05, 0) is 45.3 Å². The fourth-order valence-corrected chi connectivity index (χ4v) is 3.75. The van der Waals surface area contributed by atoms with Crippen molar-refractivity contribution in [2.45, 2.75) is 58.0 Å². The lowest BCUT2D eigenvalue weighted by Gasteiger charge is -2.33.